The summed E-state index contributed by atoms with van der Waals surface area (Å²) in [6.45, 7) is 3.27. The molecule has 0 aromatic carbocycles. The van der Waals surface area contributed by atoms with E-state index in [9.17, 15) is 10.2 Å². The highest BCUT2D eigenvalue weighted by Crippen LogP contribution is 2.17. The van der Waals surface area contributed by atoms with Crippen LogP contribution in [0.5, 0.6) is 0 Å². The van der Waals surface area contributed by atoms with Crippen LogP contribution in [0.2, 0.25) is 0 Å². The van der Waals surface area contributed by atoms with Crippen molar-refractivity contribution in [3.8, 4) is 0 Å². The second-order valence-corrected chi connectivity index (χ2v) is 3.65. The van der Waals surface area contributed by atoms with Crippen molar-refractivity contribution in [2.75, 3.05) is 26.8 Å². The Hall–Kier alpha value is -0.200. The molecule has 1 unspecified atom stereocenters. The first-order chi connectivity index (χ1) is 6.65. The molecule has 0 spiro atoms. The van der Waals surface area contributed by atoms with Gasteiger partial charge in [0, 0.05) is 6.54 Å². The molecule has 1 rings (SSSR count). The number of aliphatic hydroxyl groups is 2. The Bertz CT molecular complexity index is 163. The van der Waals surface area contributed by atoms with E-state index in [4.69, 9.17) is 9.47 Å². The van der Waals surface area contributed by atoms with Crippen LogP contribution in [0.3, 0.4) is 0 Å². The van der Waals surface area contributed by atoms with Gasteiger partial charge in [-0.1, -0.05) is 0 Å². The number of ether oxygens (including phenoxy) is 2. The maximum atomic E-state index is 9.52. The molecule has 0 aromatic rings. The third kappa shape index (κ3) is 3.18. The summed E-state index contributed by atoms with van der Waals surface area (Å²) in [6.07, 6.45) is -1.81. The van der Waals surface area contributed by atoms with Crippen LogP contribution in [-0.2, 0) is 9.47 Å². The molecule has 0 aliphatic carbocycles. The first kappa shape index (κ1) is 11.9. The molecule has 3 atom stereocenters. The Balaban J connectivity index is 2.20. The number of hydrogen-bond donors (Lipinski definition) is 3. The van der Waals surface area contributed by atoms with E-state index < -0.39 is 12.4 Å². The summed E-state index contributed by atoms with van der Waals surface area (Å²) in [4.78, 5) is 0. The molecular formula is C9H19NO4. The summed E-state index contributed by atoms with van der Waals surface area (Å²) in [5, 5.41) is 21.9. The Morgan fingerprint density at radius 2 is 2.14 bits per heavy atom. The van der Waals surface area contributed by atoms with E-state index in [2.05, 4.69) is 5.32 Å². The second-order valence-electron chi connectivity index (χ2n) is 3.65. The van der Waals surface area contributed by atoms with Crippen LogP contribution < -0.4 is 5.32 Å². The van der Waals surface area contributed by atoms with E-state index in [0.717, 1.165) is 0 Å². The number of rotatable bonds is 6. The monoisotopic (exact) mass is 205 g/mol. The molecule has 0 amide bonds. The summed E-state index contributed by atoms with van der Waals surface area (Å²) in [6, 6.07) is 0. The molecule has 0 radical (unpaired) electrons. The zero-order valence-corrected chi connectivity index (χ0v) is 8.64. The van der Waals surface area contributed by atoms with Gasteiger partial charge in [0.2, 0.25) is 0 Å². The Morgan fingerprint density at radius 3 is 2.57 bits per heavy atom. The maximum Gasteiger partial charge on any atom is 0.162 e. The van der Waals surface area contributed by atoms with Crippen molar-refractivity contribution >= 4 is 0 Å². The van der Waals surface area contributed by atoms with Gasteiger partial charge in [-0.3, -0.25) is 0 Å². The van der Waals surface area contributed by atoms with Crippen LogP contribution in [0.15, 0.2) is 0 Å². The Kier molecular flexibility index (Phi) is 4.77. The van der Waals surface area contributed by atoms with Gasteiger partial charge in [-0.15, -0.1) is 0 Å². The normalized spacial score (nSPS) is 24.0. The van der Waals surface area contributed by atoms with Gasteiger partial charge in [-0.25, -0.2) is 0 Å². The summed E-state index contributed by atoms with van der Waals surface area (Å²) >= 11 is 0. The fraction of sp³-hybridized carbons (Fsp3) is 1.00. The highest BCUT2D eigenvalue weighted by Gasteiger charge is 2.30. The lowest BCUT2D eigenvalue weighted by molar-refractivity contribution is -0.228. The molecule has 1 saturated heterocycles. The van der Waals surface area contributed by atoms with Crippen molar-refractivity contribution < 1.29 is 19.7 Å². The van der Waals surface area contributed by atoms with Crippen molar-refractivity contribution in [1.82, 2.24) is 5.32 Å². The van der Waals surface area contributed by atoms with Crippen LogP contribution in [-0.4, -0.2) is 55.5 Å². The van der Waals surface area contributed by atoms with E-state index in [1.54, 1.807) is 14.0 Å². The summed E-state index contributed by atoms with van der Waals surface area (Å²) in [7, 11) is 1.76. The van der Waals surface area contributed by atoms with Gasteiger partial charge < -0.3 is 25.0 Å². The average Bonchev–Trinajstić information content (AvgIpc) is 2.00. The van der Waals surface area contributed by atoms with Gasteiger partial charge in [-0.2, -0.15) is 0 Å². The van der Waals surface area contributed by atoms with Crippen molar-refractivity contribution in [1.29, 1.82) is 0 Å². The van der Waals surface area contributed by atoms with Crippen molar-refractivity contribution in [2.45, 2.75) is 25.4 Å². The molecule has 0 saturated carbocycles. The molecule has 1 heterocycles. The first-order valence-corrected chi connectivity index (χ1v) is 4.89. The fourth-order valence-corrected chi connectivity index (χ4v) is 1.22. The largest absolute Gasteiger partial charge is 0.389 e. The third-order valence-corrected chi connectivity index (χ3v) is 2.38. The SMILES string of the molecule is CNC[C@@H](O)C(C)O[C@H](O)C1COC1. The predicted molar refractivity (Wildman–Crippen MR) is 50.8 cm³/mol. The Morgan fingerprint density at radius 1 is 1.50 bits per heavy atom. The van der Waals surface area contributed by atoms with Crippen LogP contribution in [0.25, 0.3) is 0 Å². The third-order valence-electron chi connectivity index (χ3n) is 2.38. The number of hydrogen-bond acceptors (Lipinski definition) is 5. The van der Waals surface area contributed by atoms with Gasteiger partial charge in [0.25, 0.3) is 0 Å². The van der Waals surface area contributed by atoms with Gasteiger partial charge >= 0.3 is 0 Å². The molecule has 84 valence electrons. The highest BCUT2D eigenvalue weighted by molar-refractivity contribution is 4.72. The minimum atomic E-state index is -0.828. The molecule has 0 aromatic heterocycles. The van der Waals surface area contributed by atoms with E-state index in [0.29, 0.717) is 19.8 Å². The lowest BCUT2D eigenvalue weighted by atomic mass is 10.1. The zero-order chi connectivity index (χ0) is 10.6. The Labute approximate surface area is 84.0 Å². The van der Waals surface area contributed by atoms with E-state index in [1.807, 2.05) is 0 Å². The molecule has 5 nitrogen and oxygen atoms in total. The maximum absolute atomic E-state index is 9.52. The summed E-state index contributed by atoms with van der Waals surface area (Å²) in [5.41, 5.74) is 0. The van der Waals surface area contributed by atoms with Gasteiger partial charge in [0.15, 0.2) is 6.29 Å². The van der Waals surface area contributed by atoms with Crippen LogP contribution >= 0.6 is 0 Å². The quantitative estimate of drug-likeness (QED) is 0.482. The van der Waals surface area contributed by atoms with Crippen LogP contribution in [0.4, 0.5) is 0 Å². The molecule has 14 heavy (non-hydrogen) atoms. The number of nitrogens with one attached hydrogen (secondary N) is 1. The van der Waals surface area contributed by atoms with Crippen molar-refractivity contribution in [2.24, 2.45) is 5.92 Å². The number of aliphatic hydroxyl groups excluding tert-OH is 2. The van der Waals surface area contributed by atoms with Crippen molar-refractivity contribution in [3.05, 3.63) is 0 Å². The van der Waals surface area contributed by atoms with Gasteiger partial charge in [-0.05, 0) is 14.0 Å². The molecule has 3 N–H and O–H groups in total. The standard InChI is InChI=1S/C9H19NO4/c1-6(8(11)3-10-2)14-9(12)7-4-13-5-7/h6-12H,3-5H2,1-2H3/t6?,8-,9+/m1/s1. The van der Waals surface area contributed by atoms with Gasteiger partial charge in [0.1, 0.15) is 0 Å². The van der Waals surface area contributed by atoms with Crippen LogP contribution in [0, 0.1) is 5.92 Å². The molecule has 0 bridgehead atoms. The van der Waals surface area contributed by atoms with E-state index in [-0.39, 0.29) is 12.0 Å². The first-order valence-electron chi connectivity index (χ1n) is 4.89. The second kappa shape index (κ2) is 5.63. The lowest BCUT2D eigenvalue weighted by Crippen LogP contribution is -2.44. The number of likely N-dealkylation sites (N-methyl/N-ethyl adjacent to an activating group) is 1. The van der Waals surface area contributed by atoms with Gasteiger partial charge in [0.05, 0.1) is 31.3 Å². The minimum absolute atomic E-state index is 0.0548. The van der Waals surface area contributed by atoms with Crippen molar-refractivity contribution in [3.63, 3.8) is 0 Å². The smallest absolute Gasteiger partial charge is 0.162 e. The van der Waals surface area contributed by atoms with E-state index in [1.165, 1.54) is 0 Å². The highest BCUT2D eigenvalue weighted by atomic mass is 16.6. The summed E-state index contributed by atoms with van der Waals surface area (Å²) in [5.74, 6) is 0.0548. The van der Waals surface area contributed by atoms with E-state index >= 15 is 0 Å². The predicted octanol–water partition coefficient (Wildman–Crippen LogP) is -1.06. The summed E-state index contributed by atoms with van der Waals surface area (Å²) < 4.78 is 10.2. The molecule has 1 aliphatic rings. The molecule has 1 fully saturated rings. The topological polar surface area (TPSA) is 71.0 Å². The average molecular weight is 205 g/mol. The molecular weight excluding hydrogens is 186 g/mol. The minimum Gasteiger partial charge on any atom is -0.389 e. The molecule has 1 aliphatic heterocycles. The molecule has 5 heteroatoms. The fourth-order valence-electron chi connectivity index (χ4n) is 1.22. The van der Waals surface area contributed by atoms with Crippen LogP contribution in [0.1, 0.15) is 6.92 Å². The lowest BCUT2D eigenvalue weighted by Gasteiger charge is -2.32. The zero-order valence-electron chi connectivity index (χ0n) is 8.64.